The van der Waals surface area contributed by atoms with Gasteiger partial charge in [0, 0.05) is 19.5 Å². The average molecular weight is 323 g/mol. The van der Waals surface area contributed by atoms with Gasteiger partial charge in [0.1, 0.15) is 6.04 Å². The molecule has 2 rings (SSSR count). The molecule has 1 aliphatic heterocycles. The smallest absolute Gasteiger partial charge is 0.322 e. The molecule has 22 heavy (non-hydrogen) atoms. The Kier molecular flexibility index (Phi) is 5.54. The molecule has 2 N–H and O–H groups in total. The molecule has 7 heteroatoms. The zero-order valence-electron chi connectivity index (χ0n) is 12.8. The maximum Gasteiger partial charge on any atom is 0.322 e. The minimum Gasteiger partial charge on any atom is -0.338 e. The van der Waals surface area contributed by atoms with E-state index < -0.39 is 12.1 Å². The molecule has 1 atom stereocenters. The van der Waals surface area contributed by atoms with Crippen LogP contribution in [0.2, 0.25) is 0 Å². The van der Waals surface area contributed by atoms with Crippen molar-refractivity contribution in [3.8, 4) is 0 Å². The van der Waals surface area contributed by atoms with E-state index in [-0.39, 0.29) is 18.2 Å². The van der Waals surface area contributed by atoms with Gasteiger partial charge in [0.15, 0.2) is 0 Å². The minimum atomic E-state index is -0.599. The van der Waals surface area contributed by atoms with Crippen molar-refractivity contribution >= 4 is 29.2 Å². The van der Waals surface area contributed by atoms with Crippen molar-refractivity contribution < 1.29 is 14.4 Å². The monoisotopic (exact) mass is 323 g/mol. The third-order valence-electron chi connectivity index (χ3n) is 3.40. The standard InChI is InChI=1S/C15H21N3O3S/c1-10(2)7-18(8-11-5-6-22-9-11)13(19)4-3-12-14(20)17-15(21)16-12/h5-6,9-10,12H,3-4,7-8H2,1-2H3,(H2,16,17,20,21)/t12-/m0/s1. The molecule has 2 heterocycles. The summed E-state index contributed by atoms with van der Waals surface area (Å²) in [5.41, 5.74) is 1.12. The molecule has 6 nitrogen and oxygen atoms in total. The summed E-state index contributed by atoms with van der Waals surface area (Å²) in [7, 11) is 0. The number of amides is 4. The summed E-state index contributed by atoms with van der Waals surface area (Å²) in [6, 6.07) is 0.925. The molecule has 1 aromatic rings. The van der Waals surface area contributed by atoms with Gasteiger partial charge < -0.3 is 10.2 Å². The third-order valence-corrected chi connectivity index (χ3v) is 4.13. The number of nitrogens with one attached hydrogen (secondary N) is 2. The number of carbonyl (C=O) groups is 3. The molecule has 0 spiro atoms. The van der Waals surface area contributed by atoms with E-state index in [1.54, 1.807) is 11.3 Å². The van der Waals surface area contributed by atoms with Gasteiger partial charge in [0.2, 0.25) is 5.91 Å². The average Bonchev–Trinajstić information content (AvgIpc) is 3.04. The second-order valence-corrected chi connectivity index (χ2v) is 6.63. The number of hydrogen-bond acceptors (Lipinski definition) is 4. The maximum atomic E-state index is 12.4. The molecule has 4 amide bonds. The summed E-state index contributed by atoms with van der Waals surface area (Å²) in [4.78, 5) is 36.8. The maximum absolute atomic E-state index is 12.4. The number of carbonyl (C=O) groups excluding carboxylic acids is 3. The van der Waals surface area contributed by atoms with Gasteiger partial charge >= 0.3 is 6.03 Å². The first-order chi connectivity index (χ1) is 10.5. The highest BCUT2D eigenvalue weighted by Gasteiger charge is 2.30. The fourth-order valence-electron chi connectivity index (χ4n) is 2.39. The Morgan fingerprint density at radius 2 is 2.18 bits per heavy atom. The van der Waals surface area contributed by atoms with Crippen molar-refractivity contribution in [2.45, 2.75) is 39.3 Å². The van der Waals surface area contributed by atoms with Crippen LogP contribution in [0.15, 0.2) is 16.8 Å². The fraction of sp³-hybridized carbons (Fsp3) is 0.533. The van der Waals surface area contributed by atoms with Crippen molar-refractivity contribution in [3.63, 3.8) is 0 Å². The number of nitrogens with zero attached hydrogens (tertiary/aromatic N) is 1. The Hall–Kier alpha value is -1.89. The summed E-state index contributed by atoms with van der Waals surface area (Å²) in [6.45, 7) is 5.40. The van der Waals surface area contributed by atoms with Gasteiger partial charge in [0.25, 0.3) is 5.91 Å². The molecular weight excluding hydrogens is 302 g/mol. The SMILES string of the molecule is CC(C)CN(Cc1ccsc1)C(=O)CC[C@@H]1NC(=O)NC1=O. The summed E-state index contributed by atoms with van der Waals surface area (Å²) in [5.74, 6) is 0.0250. The first-order valence-corrected chi connectivity index (χ1v) is 8.30. The highest BCUT2D eigenvalue weighted by molar-refractivity contribution is 7.07. The van der Waals surface area contributed by atoms with Gasteiger partial charge in [-0.15, -0.1) is 0 Å². The summed E-state index contributed by atoms with van der Waals surface area (Å²) < 4.78 is 0. The van der Waals surface area contributed by atoms with Crippen molar-refractivity contribution in [2.75, 3.05) is 6.54 Å². The molecule has 1 saturated heterocycles. The van der Waals surface area contributed by atoms with E-state index in [4.69, 9.17) is 0 Å². The Labute approximate surface area is 133 Å². The first-order valence-electron chi connectivity index (χ1n) is 7.36. The highest BCUT2D eigenvalue weighted by atomic mass is 32.1. The minimum absolute atomic E-state index is 0.00819. The normalized spacial score (nSPS) is 17.5. The van der Waals surface area contributed by atoms with Gasteiger partial charge in [-0.3, -0.25) is 14.9 Å². The van der Waals surface area contributed by atoms with Crippen LogP contribution in [0.5, 0.6) is 0 Å². The van der Waals surface area contributed by atoms with E-state index in [0.29, 0.717) is 25.4 Å². The molecule has 1 fully saturated rings. The van der Waals surface area contributed by atoms with Crippen molar-refractivity contribution in [1.29, 1.82) is 0 Å². The second kappa shape index (κ2) is 7.40. The number of hydrogen-bond donors (Lipinski definition) is 2. The van der Waals surface area contributed by atoms with E-state index in [9.17, 15) is 14.4 Å². The lowest BCUT2D eigenvalue weighted by molar-refractivity contribution is -0.132. The molecule has 0 bridgehead atoms. The van der Waals surface area contributed by atoms with Crippen molar-refractivity contribution in [1.82, 2.24) is 15.5 Å². The zero-order valence-corrected chi connectivity index (χ0v) is 13.6. The lowest BCUT2D eigenvalue weighted by Gasteiger charge is -2.24. The van der Waals surface area contributed by atoms with Gasteiger partial charge in [-0.2, -0.15) is 11.3 Å². The third kappa shape index (κ3) is 4.56. The largest absolute Gasteiger partial charge is 0.338 e. The Balaban J connectivity index is 1.90. The van der Waals surface area contributed by atoms with Crippen LogP contribution >= 0.6 is 11.3 Å². The number of imide groups is 1. The quantitative estimate of drug-likeness (QED) is 0.750. The summed E-state index contributed by atoms with van der Waals surface area (Å²) >= 11 is 1.61. The van der Waals surface area contributed by atoms with Gasteiger partial charge in [-0.05, 0) is 34.7 Å². The molecule has 1 aromatic heterocycles. The molecule has 0 aliphatic carbocycles. The van der Waals surface area contributed by atoms with E-state index >= 15 is 0 Å². The van der Waals surface area contributed by atoms with Crippen LogP contribution in [-0.2, 0) is 16.1 Å². The van der Waals surface area contributed by atoms with Crippen molar-refractivity contribution in [3.05, 3.63) is 22.4 Å². The molecule has 1 aliphatic rings. The van der Waals surface area contributed by atoms with Gasteiger partial charge in [0.05, 0.1) is 0 Å². The summed E-state index contributed by atoms with van der Waals surface area (Å²) in [6.07, 6.45) is 0.573. The topological polar surface area (TPSA) is 78.5 Å². The molecular formula is C15H21N3O3S. The van der Waals surface area contributed by atoms with Crippen LogP contribution in [0.25, 0.3) is 0 Å². The molecule has 0 saturated carbocycles. The highest BCUT2D eigenvalue weighted by Crippen LogP contribution is 2.14. The molecule has 0 radical (unpaired) electrons. The van der Waals surface area contributed by atoms with Crippen LogP contribution in [0.3, 0.4) is 0 Å². The van der Waals surface area contributed by atoms with E-state index in [0.717, 1.165) is 5.56 Å². The van der Waals surface area contributed by atoms with Gasteiger partial charge in [-0.1, -0.05) is 13.8 Å². The van der Waals surface area contributed by atoms with Gasteiger partial charge in [-0.25, -0.2) is 4.79 Å². The summed E-state index contributed by atoms with van der Waals surface area (Å²) in [5, 5.41) is 8.72. The van der Waals surface area contributed by atoms with Crippen molar-refractivity contribution in [2.24, 2.45) is 5.92 Å². The van der Waals surface area contributed by atoms with E-state index in [1.165, 1.54) is 0 Å². The Morgan fingerprint density at radius 1 is 1.41 bits per heavy atom. The Bertz CT molecular complexity index is 542. The van der Waals surface area contributed by atoms with Crippen LogP contribution in [-0.4, -0.2) is 35.3 Å². The zero-order chi connectivity index (χ0) is 16.1. The van der Waals surface area contributed by atoms with E-state index in [1.807, 2.05) is 21.7 Å². The Morgan fingerprint density at radius 3 is 2.73 bits per heavy atom. The van der Waals surface area contributed by atoms with E-state index in [2.05, 4.69) is 24.5 Å². The van der Waals surface area contributed by atoms with Crippen LogP contribution in [0.1, 0.15) is 32.3 Å². The lowest BCUT2D eigenvalue weighted by atomic mass is 10.1. The lowest BCUT2D eigenvalue weighted by Crippen LogP contribution is -2.36. The predicted molar refractivity (Wildman–Crippen MR) is 84.3 cm³/mol. The predicted octanol–water partition coefficient (Wildman–Crippen LogP) is 1.72. The number of urea groups is 1. The first kappa shape index (κ1) is 16.5. The molecule has 120 valence electrons. The molecule has 0 aromatic carbocycles. The van der Waals surface area contributed by atoms with Crippen LogP contribution in [0, 0.1) is 5.92 Å². The number of rotatable bonds is 7. The number of thiophene rings is 1. The van der Waals surface area contributed by atoms with Crippen LogP contribution in [0.4, 0.5) is 4.79 Å². The van der Waals surface area contributed by atoms with Crippen LogP contribution < -0.4 is 10.6 Å². The fourth-order valence-corrected chi connectivity index (χ4v) is 3.05. The second-order valence-electron chi connectivity index (χ2n) is 5.85. The molecule has 0 unspecified atom stereocenters.